The van der Waals surface area contributed by atoms with Gasteiger partial charge in [-0.1, -0.05) is 60.7 Å². The molecule has 3 amide bonds. The normalized spacial score (nSPS) is 18.1. The summed E-state index contributed by atoms with van der Waals surface area (Å²) in [4.78, 5) is 52.6. The zero-order chi connectivity index (χ0) is 30.7. The van der Waals surface area contributed by atoms with Crippen LogP contribution in [0.5, 0.6) is 0 Å². The van der Waals surface area contributed by atoms with E-state index in [1.165, 1.54) is 16.7 Å². The lowest BCUT2D eigenvalue weighted by molar-refractivity contribution is -0.765. The first kappa shape index (κ1) is 29.9. The second kappa shape index (κ2) is 12.3. The number of anilines is 1. The third-order valence-corrected chi connectivity index (χ3v) is 8.38. The molecule has 0 spiro atoms. The van der Waals surface area contributed by atoms with E-state index in [-0.39, 0.29) is 12.2 Å². The number of aromatic nitrogens is 2. The van der Waals surface area contributed by atoms with Crippen LogP contribution in [0.2, 0.25) is 0 Å². The fraction of sp³-hybridized carbons (Fsp3) is 0.323. The Balaban J connectivity index is 1.48. The fourth-order valence-electron chi connectivity index (χ4n) is 5.03. The Bertz CT molecular complexity index is 1510. The molecule has 0 unspecified atom stereocenters. The molecule has 11 nitrogen and oxygen atoms in total. The number of thioether (sulfide) groups is 1. The summed E-state index contributed by atoms with van der Waals surface area (Å²) in [7, 11) is 1.78. The topological polar surface area (TPSA) is 123 Å². The van der Waals surface area contributed by atoms with Crippen molar-refractivity contribution < 1.29 is 33.3 Å². The molecule has 43 heavy (non-hydrogen) atoms. The largest absolute Gasteiger partial charge is 0.448 e. The SMILES string of the molecule is Cn1c(NC=O)cc[n+]1CC1=C(C(=O)OC(c2ccccc2)c2ccccc2)N2C(=O)[C@@H](NC(=O)OC(C)(C)C)[C@H]2SC1. The maximum absolute atomic E-state index is 14.1. The molecular weight excluding hydrogens is 570 g/mol. The molecule has 2 aliphatic heterocycles. The van der Waals surface area contributed by atoms with E-state index in [9.17, 15) is 19.2 Å². The lowest BCUT2D eigenvalue weighted by Gasteiger charge is -2.49. The van der Waals surface area contributed by atoms with Crippen molar-refractivity contribution in [3.05, 3.63) is 95.3 Å². The van der Waals surface area contributed by atoms with Crippen LogP contribution in [-0.4, -0.2) is 56.7 Å². The number of hydrogen-bond donors (Lipinski definition) is 2. The van der Waals surface area contributed by atoms with Crippen molar-refractivity contribution in [1.82, 2.24) is 14.9 Å². The van der Waals surface area contributed by atoms with Crippen LogP contribution in [0.1, 0.15) is 38.0 Å². The zero-order valence-corrected chi connectivity index (χ0v) is 25.2. The summed E-state index contributed by atoms with van der Waals surface area (Å²) in [5.74, 6) is -0.107. The number of carbonyl (C=O) groups is 4. The number of amides is 3. The molecule has 1 saturated heterocycles. The van der Waals surface area contributed by atoms with Crippen molar-refractivity contribution in [2.45, 2.75) is 50.4 Å². The molecule has 224 valence electrons. The smallest absolute Gasteiger partial charge is 0.408 e. The summed E-state index contributed by atoms with van der Waals surface area (Å²) in [6, 6.07) is 19.7. The average molecular weight is 605 g/mol. The third kappa shape index (κ3) is 6.43. The number of fused-ring (bicyclic) bond motifs is 1. The highest BCUT2D eigenvalue weighted by atomic mass is 32.2. The number of benzene rings is 2. The monoisotopic (exact) mass is 604 g/mol. The standard InChI is InChI=1S/C31H33N5O6S/c1-31(2,3)42-30(40)33-24-27(38)36-25(22(18-43-28(24)36)17-35-16-15-23(32-19-37)34(35)4)29(39)41-26(20-11-7-5-8-12-20)21-13-9-6-10-14-21/h5-16,19,24,26,28H,17-18H2,1-4H3,(H,33,40)/p+1/t24-,28-/m1/s1. The van der Waals surface area contributed by atoms with Crippen molar-refractivity contribution in [2.24, 2.45) is 7.05 Å². The second-order valence-electron chi connectivity index (χ2n) is 11.2. The lowest BCUT2D eigenvalue weighted by Crippen LogP contribution is -2.71. The first-order valence-corrected chi connectivity index (χ1v) is 14.8. The molecule has 2 atom stereocenters. The number of nitrogens with one attached hydrogen (secondary N) is 2. The number of hydrogen-bond acceptors (Lipinski definition) is 7. The van der Waals surface area contributed by atoms with E-state index in [1.807, 2.05) is 65.3 Å². The Morgan fingerprint density at radius 2 is 1.70 bits per heavy atom. The van der Waals surface area contributed by atoms with Crippen molar-refractivity contribution in [1.29, 1.82) is 0 Å². The van der Waals surface area contributed by atoms with Gasteiger partial charge in [0, 0.05) is 11.3 Å². The Hall–Kier alpha value is -4.58. The summed E-state index contributed by atoms with van der Waals surface area (Å²) in [5.41, 5.74) is 1.65. The van der Waals surface area contributed by atoms with Gasteiger partial charge in [-0.25, -0.2) is 9.59 Å². The van der Waals surface area contributed by atoms with E-state index in [1.54, 1.807) is 44.8 Å². The number of β-lactam (4-membered cyclic amide) rings is 1. The zero-order valence-electron chi connectivity index (χ0n) is 24.4. The Morgan fingerprint density at radius 3 is 2.28 bits per heavy atom. The summed E-state index contributed by atoms with van der Waals surface area (Å²) in [6.07, 6.45) is 0.954. The van der Waals surface area contributed by atoms with Gasteiger partial charge in [0.05, 0.1) is 13.1 Å². The Kier molecular flexibility index (Phi) is 8.58. The van der Waals surface area contributed by atoms with Gasteiger partial charge >= 0.3 is 12.1 Å². The molecule has 0 aliphatic carbocycles. The maximum atomic E-state index is 14.1. The predicted molar refractivity (Wildman–Crippen MR) is 159 cm³/mol. The molecule has 2 aromatic carbocycles. The van der Waals surface area contributed by atoms with Crippen LogP contribution < -0.4 is 15.3 Å². The second-order valence-corrected chi connectivity index (χ2v) is 12.3. The first-order chi connectivity index (χ1) is 20.6. The number of ether oxygens (including phenoxy) is 2. The van der Waals surface area contributed by atoms with E-state index in [2.05, 4.69) is 10.6 Å². The average Bonchev–Trinajstić information content (AvgIpc) is 3.32. The van der Waals surface area contributed by atoms with Crippen LogP contribution in [0, 0.1) is 0 Å². The van der Waals surface area contributed by atoms with Gasteiger partial charge in [0.2, 0.25) is 6.41 Å². The van der Waals surface area contributed by atoms with Crippen molar-refractivity contribution in [2.75, 3.05) is 11.1 Å². The maximum Gasteiger partial charge on any atom is 0.408 e. The molecule has 1 aromatic heterocycles. The molecule has 0 saturated carbocycles. The van der Waals surface area contributed by atoms with Gasteiger partial charge in [0.1, 0.15) is 22.7 Å². The molecule has 5 rings (SSSR count). The molecule has 0 bridgehead atoms. The molecule has 3 heterocycles. The van der Waals surface area contributed by atoms with Crippen LogP contribution in [0.3, 0.4) is 0 Å². The highest BCUT2D eigenvalue weighted by Gasteiger charge is 2.55. The van der Waals surface area contributed by atoms with Crippen molar-refractivity contribution in [3.63, 3.8) is 0 Å². The van der Waals surface area contributed by atoms with E-state index in [0.29, 0.717) is 23.6 Å². The van der Waals surface area contributed by atoms with Gasteiger partial charge in [-0.2, -0.15) is 0 Å². The highest BCUT2D eigenvalue weighted by Crippen LogP contribution is 2.42. The van der Waals surface area contributed by atoms with Crippen LogP contribution in [0.4, 0.5) is 10.6 Å². The molecule has 3 aromatic rings. The number of rotatable bonds is 9. The number of nitrogens with zero attached hydrogens (tertiary/aromatic N) is 3. The molecule has 0 radical (unpaired) electrons. The van der Waals surface area contributed by atoms with Crippen LogP contribution in [0.15, 0.2) is 84.2 Å². The Morgan fingerprint density at radius 1 is 1.07 bits per heavy atom. The first-order valence-electron chi connectivity index (χ1n) is 13.8. The number of esters is 1. The number of alkyl carbamates (subject to hydrolysis) is 1. The fourth-order valence-corrected chi connectivity index (χ4v) is 6.37. The van der Waals surface area contributed by atoms with Crippen LogP contribution >= 0.6 is 11.8 Å². The molecule has 12 heteroatoms. The Labute approximate surface area is 253 Å². The van der Waals surface area contributed by atoms with E-state index >= 15 is 0 Å². The predicted octanol–water partition coefficient (Wildman–Crippen LogP) is 3.28. The van der Waals surface area contributed by atoms with Crippen molar-refractivity contribution in [3.8, 4) is 0 Å². The van der Waals surface area contributed by atoms with Gasteiger partial charge in [-0.3, -0.25) is 14.5 Å². The van der Waals surface area contributed by atoms with Gasteiger partial charge in [-0.05, 0) is 31.9 Å². The minimum absolute atomic E-state index is 0.145. The number of carbonyl (C=O) groups excluding carboxylic acids is 4. The summed E-state index contributed by atoms with van der Waals surface area (Å²) < 4.78 is 15.1. The van der Waals surface area contributed by atoms with Crippen molar-refractivity contribution >= 4 is 42.0 Å². The van der Waals surface area contributed by atoms with E-state index < -0.39 is 41.1 Å². The highest BCUT2D eigenvalue weighted by molar-refractivity contribution is 8.00. The van der Waals surface area contributed by atoms with Gasteiger partial charge in [0.25, 0.3) is 5.91 Å². The van der Waals surface area contributed by atoms with Crippen LogP contribution in [-0.2, 0) is 37.4 Å². The molecular formula is C31H34N5O6S+. The van der Waals surface area contributed by atoms with Gasteiger partial charge in [-0.15, -0.1) is 21.1 Å². The molecule has 1 fully saturated rings. The minimum atomic E-state index is -0.852. The molecule has 2 aliphatic rings. The summed E-state index contributed by atoms with van der Waals surface area (Å²) in [6.45, 7) is 5.49. The van der Waals surface area contributed by atoms with Crippen LogP contribution in [0.25, 0.3) is 0 Å². The van der Waals surface area contributed by atoms with Gasteiger partial charge < -0.3 is 20.1 Å². The summed E-state index contributed by atoms with van der Waals surface area (Å²) >= 11 is 1.44. The quantitative estimate of drug-likeness (QED) is 0.166. The minimum Gasteiger partial charge on any atom is -0.448 e. The third-order valence-electron chi connectivity index (χ3n) is 7.04. The van der Waals surface area contributed by atoms with E-state index in [0.717, 1.165) is 11.1 Å². The van der Waals surface area contributed by atoms with Gasteiger partial charge in [0.15, 0.2) is 24.7 Å². The molecule has 2 N–H and O–H groups in total. The van der Waals surface area contributed by atoms with E-state index in [4.69, 9.17) is 9.47 Å². The summed E-state index contributed by atoms with van der Waals surface area (Å²) in [5, 5.41) is 4.79. The lowest BCUT2D eigenvalue weighted by atomic mass is 10.0.